The van der Waals surface area contributed by atoms with Crippen molar-refractivity contribution in [1.82, 2.24) is 5.32 Å². The minimum atomic E-state index is -0.837. The number of unbranched alkanes of at least 4 members (excludes halogenated alkanes) is 31. The summed E-state index contributed by atoms with van der Waals surface area (Å²) in [6.45, 7) is 2.37. The molecule has 0 saturated heterocycles. The number of allylic oxidation sites excluding steroid dienone is 1. The molecule has 0 radical (unpaired) electrons. The molecule has 5 heteroatoms. The van der Waals surface area contributed by atoms with E-state index in [1.165, 1.54) is 180 Å². The number of hydrogen-bond donors (Lipinski definition) is 4. The molecular weight excluding hydrogens is 582 g/mol. The molecule has 0 aliphatic rings. The molecule has 280 valence electrons. The molecule has 2 unspecified atom stereocenters. The van der Waals surface area contributed by atoms with Gasteiger partial charge in [-0.05, 0) is 25.7 Å². The minimum absolute atomic E-state index is 0.0666. The van der Waals surface area contributed by atoms with Gasteiger partial charge < -0.3 is 20.6 Å². The van der Waals surface area contributed by atoms with Crippen molar-refractivity contribution in [3.05, 3.63) is 12.2 Å². The second-order valence-corrected chi connectivity index (χ2v) is 14.5. The van der Waals surface area contributed by atoms with Crippen molar-refractivity contribution in [2.75, 3.05) is 13.2 Å². The number of nitrogens with one attached hydrogen (secondary N) is 1. The van der Waals surface area contributed by atoms with Crippen LogP contribution in [-0.2, 0) is 4.79 Å². The Bertz CT molecular complexity index is 640. The van der Waals surface area contributed by atoms with Crippen LogP contribution in [0.1, 0.15) is 225 Å². The van der Waals surface area contributed by atoms with Crippen LogP contribution in [0.5, 0.6) is 0 Å². The van der Waals surface area contributed by atoms with Crippen molar-refractivity contribution in [1.29, 1.82) is 0 Å². The van der Waals surface area contributed by atoms with Crippen LogP contribution >= 0.6 is 0 Å². The van der Waals surface area contributed by atoms with Gasteiger partial charge in [-0.15, -0.1) is 0 Å². The molecule has 0 saturated carbocycles. The van der Waals surface area contributed by atoms with Crippen LogP contribution in [0.15, 0.2) is 12.2 Å². The summed E-state index contributed by atoms with van der Waals surface area (Å²) in [5.41, 5.74) is 0. The fourth-order valence-electron chi connectivity index (χ4n) is 6.57. The molecule has 0 fully saturated rings. The molecule has 47 heavy (non-hydrogen) atoms. The number of hydrogen-bond acceptors (Lipinski definition) is 4. The van der Waals surface area contributed by atoms with E-state index in [4.69, 9.17) is 5.11 Å². The van der Waals surface area contributed by atoms with E-state index in [1.807, 2.05) is 6.08 Å². The standard InChI is InChI=1S/C42H83NO4/c1-2-3-4-5-6-7-8-18-21-24-27-30-33-36-41(46)40(39-45)43-42(47)37-34-31-28-25-22-19-16-14-12-10-9-11-13-15-17-20-23-26-29-32-35-38-44/h33,36,40-41,44-46H,2-32,34-35,37-39H2,1H3,(H,43,47). The molecule has 4 N–H and O–H groups in total. The van der Waals surface area contributed by atoms with Gasteiger partial charge in [0.25, 0.3) is 0 Å². The Morgan fingerprint density at radius 1 is 0.511 bits per heavy atom. The Morgan fingerprint density at radius 2 is 0.851 bits per heavy atom. The van der Waals surface area contributed by atoms with Crippen molar-refractivity contribution < 1.29 is 20.1 Å². The molecule has 0 aromatic rings. The lowest BCUT2D eigenvalue weighted by Crippen LogP contribution is -2.45. The summed E-state index contributed by atoms with van der Waals surface area (Å²) in [5, 5.41) is 31.7. The molecule has 0 aliphatic heterocycles. The second-order valence-electron chi connectivity index (χ2n) is 14.5. The lowest BCUT2D eigenvalue weighted by molar-refractivity contribution is -0.123. The van der Waals surface area contributed by atoms with Crippen molar-refractivity contribution in [3.63, 3.8) is 0 Å². The lowest BCUT2D eigenvalue weighted by atomic mass is 10.0. The molecule has 0 aromatic carbocycles. The predicted molar refractivity (Wildman–Crippen MR) is 204 cm³/mol. The zero-order chi connectivity index (χ0) is 34.3. The Morgan fingerprint density at radius 3 is 1.21 bits per heavy atom. The van der Waals surface area contributed by atoms with Crippen LogP contribution in [-0.4, -0.2) is 46.6 Å². The first-order chi connectivity index (χ1) is 23.2. The van der Waals surface area contributed by atoms with Gasteiger partial charge in [-0.1, -0.05) is 205 Å². The summed E-state index contributed by atoms with van der Waals surface area (Å²) in [4.78, 5) is 12.4. The predicted octanol–water partition coefficient (Wildman–Crippen LogP) is 11.7. The third kappa shape index (κ3) is 36.2. The highest BCUT2D eigenvalue weighted by Crippen LogP contribution is 2.16. The lowest BCUT2D eigenvalue weighted by Gasteiger charge is -2.20. The molecule has 5 nitrogen and oxygen atoms in total. The third-order valence-electron chi connectivity index (χ3n) is 9.82. The van der Waals surface area contributed by atoms with E-state index < -0.39 is 12.1 Å². The van der Waals surface area contributed by atoms with Crippen LogP contribution in [0, 0.1) is 0 Å². The Balaban J connectivity index is 3.50. The third-order valence-corrected chi connectivity index (χ3v) is 9.82. The van der Waals surface area contributed by atoms with Crippen LogP contribution in [0.4, 0.5) is 0 Å². The molecule has 0 bridgehead atoms. The number of aliphatic hydroxyl groups is 3. The van der Waals surface area contributed by atoms with Crippen LogP contribution in [0.2, 0.25) is 0 Å². The number of carbonyl (C=O) groups excluding carboxylic acids is 1. The maximum Gasteiger partial charge on any atom is 0.220 e. The molecular formula is C42H83NO4. The normalized spacial score (nSPS) is 13.0. The van der Waals surface area contributed by atoms with E-state index in [2.05, 4.69) is 12.2 Å². The number of rotatable bonds is 39. The van der Waals surface area contributed by atoms with Crippen molar-refractivity contribution in [3.8, 4) is 0 Å². The average Bonchev–Trinajstić information content (AvgIpc) is 3.07. The quantitative estimate of drug-likeness (QED) is 0.0388. The molecule has 1 amide bonds. The fourth-order valence-corrected chi connectivity index (χ4v) is 6.57. The van der Waals surface area contributed by atoms with Gasteiger partial charge in [-0.3, -0.25) is 4.79 Å². The largest absolute Gasteiger partial charge is 0.396 e. The Hall–Kier alpha value is -0.910. The van der Waals surface area contributed by atoms with Gasteiger partial charge in [-0.25, -0.2) is 0 Å². The SMILES string of the molecule is CCCCCCCCCCCCCC=CC(O)C(CO)NC(=O)CCCCCCCCCCCCCCCCCCCCCCCO. The summed E-state index contributed by atoms with van der Waals surface area (Å²) in [6.07, 6.45) is 46.1. The fraction of sp³-hybridized carbons (Fsp3) is 0.929. The van der Waals surface area contributed by atoms with E-state index >= 15 is 0 Å². The van der Waals surface area contributed by atoms with Crippen molar-refractivity contribution in [2.45, 2.75) is 237 Å². The zero-order valence-corrected chi connectivity index (χ0v) is 31.5. The van der Waals surface area contributed by atoms with Crippen LogP contribution in [0.25, 0.3) is 0 Å². The first-order valence-corrected chi connectivity index (χ1v) is 21.0. The number of carbonyl (C=O) groups is 1. The molecule has 2 atom stereocenters. The molecule has 0 rings (SSSR count). The second kappa shape index (κ2) is 39.5. The van der Waals surface area contributed by atoms with E-state index in [0.29, 0.717) is 13.0 Å². The Labute approximate surface area is 293 Å². The van der Waals surface area contributed by atoms with Gasteiger partial charge in [0, 0.05) is 13.0 Å². The van der Waals surface area contributed by atoms with E-state index in [-0.39, 0.29) is 12.5 Å². The summed E-state index contributed by atoms with van der Waals surface area (Å²) in [6, 6.07) is -0.620. The van der Waals surface area contributed by atoms with Crippen LogP contribution < -0.4 is 5.32 Å². The number of aliphatic hydroxyl groups excluding tert-OH is 3. The van der Waals surface area contributed by atoms with E-state index in [9.17, 15) is 15.0 Å². The Kier molecular flexibility index (Phi) is 38.8. The minimum Gasteiger partial charge on any atom is -0.396 e. The molecule has 0 aliphatic carbocycles. The van der Waals surface area contributed by atoms with Gasteiger partial charge in [0.1, 0.15) is 0 Å². The highest BCUT2D eigenvalue weighted by molar-refractivity contribution is 5.76. The summed E-state index contributed by atoms with van der Waals surface area (Å²) < 4.78 is 0. The first-order valence-electron chi connectivity index (χ1n) is 21.0. The summed E-state index contributed by atoms with van der Waals surface area (Å²) >= 11 is 0. The van der Waals surface area contributed by atoms with Gasteiger partial charge >= 0.3 is 0 Å². The van der Waals surface area contributed by atoms with Gasteiger partial charge in [-0.2, -0.15) is 0 Å². The smallest absolute Gasteiger partial charge is 0.220 e. The summed E-state index contributed by atoms with van der Waals surface area (Å²) in [5.74, 6) is -0.0666. The highest BCUT2D eigenvalue weighted by atomic mass is 16.3. The summed E-state index contributed by atoms with van der Waals surface area (Å²) in [7, 11) is 0. The van der Waals surface area contributed by atoms with Crippen LogP contribution in [0.3, 0.4) is 0 Å². The van der Waals surface area contributed by atoms with Gasteiger partial charge in [0.05, 0.1) is 18.8 Å². The maximum absolute atomic E-state index is 12.4. The monoisotopic (exact) mass is 666 g/mol. The number of amides is 1. The van der Waals surface area contributed by atoms with Crippen molar-refractivity contribution >= 4 is 5.91 Å². The topological polar surface area (TPSA) is 89.8 Å². The molecule has 0 aromatic heterocycles. The first kappa shape index (κ1) is 46.1. The van der Waals surface area contributed by atoms with E-state index in [1.54, 1.807) is 6.08 Å². The molecule has 0 spiro atoms. The molecule has 0 heterocycles. The zero-order valence-electron chi connectivity index (χ0n) is 31.5. The van der Waals surface area contributed by atoms with Gasteiger partial charge in [0.15, 0.2) is 0 Å². The maximum atomic E-state index is 12.4. The highest BCUT2D eigenvalue weighted by Gasteiger charge is 2.17. The average molecular weight is 666 g/mol. The van der Waals surface area contributed by atoms with Crippen molar-refractivity contribution in [2.24, 2.45) is 0 Å². The van der Waals surface area contributed by atoms with E-state index in [0.717, 1.165) is 32.1 Å². The van der Waals surface area contributed by atoms with Gasteiger partial charge in [0.2, 0.25) is 5.91 Å².